The number of hydrogen-bond donors (Lipinski definition) is 1. The minimum Gasteiger partial charge on any atom is -0.339 e. The Bertz CT molecular complexity index is 510. The van der Waals surface area contributed by atoms with Crippen LogP contribution in [0.4, 0.5) is 0 Å². The molecule has 5 nitrogen and oxygen atoms in total. The lowest BCUT2D eigenvalue weighted by Crippen LogP contribution is -2.30. The van der Waals surface area contributed by atoms with Gasteiger partial charge < -0.3 is 9.84 Å². The van der Waals surface area contributed by atoms with Crippen molar-refractivity contribution in [3.63, 3.8) is 0 Å². The van der Waals surface area contributed by atoms with Crippen molar-refractivity contribution in [3.8, 4) is 11.4 Å². The van der Waals surface area contributed by atoms with Gasteiger partial charge in [-0.2, -0.15) is 16.7 Å². The first kappa shape index (κ1) is 12.6. The van der Waals surface area contributed by atoms with Crippen molar-refractivity contribution in [3.05, 3.63) is 30.4 Å². The van der Waals surface area contributed by atoms with Gasteiger partial charge in [-0.25, -0.2) is 0 Å². The molecule has 0 amide bonds. The van der Waals surface area contributed by atoms with Crippen molar-refractivity contribution in [2.24, 2.45) is 0 Å². The Morgan fingerprint density at radius 3 is 3.26 bits per heavy atom. The predicted molar refractivity (Wildman–Crippen MR) is 75.0 cm³/mol. The number of pyridine rings is 1. The zero-order valence-electron chi connectivity index (χ0n) is 10.6. The van der Waals surface area contributed by atoms with Crippen LogP contribution in [0.15, 0.2) is 29.0 Å². The highest BCUT2D eigenvalue weighted by molar-refractivity contribution is 7.99. The van der Waals surface area contributed by atoms with Gasteiger partial charge in [-0.15, -0.1) is 0 Å². The topological polar surface area (TPSA) is 63.8 Å². The van der Waals surface area contributed by atoms with Crippen molar-refractivity contribution in [1.82, 2.24) is 20.4 Å². The standard InChI is InChI=1S/C13H16N4OS/c1-2-10(8-14-5-1)13-16-12(18-17-13)3-6-15-11-4-7-19-9-11/h1-2,5,8,11,15H,3-4,6-7,9H2. The molecule has 0 aliphatic carbocycles. The number of rotatable bonds is 5. The summed E-state index contributed by atoms with van der Waals surface area (Å²) in [6, 6.07) is 4.44. The van der Waals surface area contributed by atoms with Crippen LogP contribution in [0.3, 0.4) is 0 Å². The minimum absolute atomic E-state index is 0.611. The maximum absolute atomic E-state index is 5.25. The van der Waals surface area contributed by atoms with Crippen LogP contribution in [0.1, 0.15) is 12.3 Å². The molecule has 0 spiro atoms. The van der Waals surface area contributed by atoms with Crippen LogP contribution in [0.25, 0.3) is 11.4 Å². The lowest BCUT2D eigenvalue weighted by molar-refractivity contribution is 0.373. The second-order valence-corrected chi connectivity index (χ2v) is 5.67. The van der Waals surface area contributed by atoms with Crippen LogP contribution >= 0.6 is 11.8 Å². The Morgan fingerprint density at radius 2 is 2.47 bits per heavy atom. The first-order chi connectivity index (χ1) is 9.42. The first-order valence-corrected chi connectivity index (χ1v) is 7.61. The van der Waals surface area contributed by atoms with E-state index < -0.39 is 0 Å². The molecule has 1 unspecified atom stereocenters. The van der Waals surface area contributed by atoms with Gasteiger partial charge >= 0.3 is 0 Å². The molecule has 2 aromatic rings. The average molecular weight is 276 g/mol. The van der Waals surface area contributed by atoms with Crippen LogP contribution in [-0.4, -0.2) is 39.2 Å². The highest BCUT2D eigenvalue weighted by Crippen LogP contribution is 2.17. The van der Waals surface area contributed by atoms with Crippen molar-refractivity contribution >= 4 is 11.8 Å². The quantitative estimate of drug-likeness (QED) is 0.898. The summed E-state index contributed by atoms with van der Waals surface area (Å²) in [6.07, 6.45) is 5.50. The Balaban J connectivity index is 1.53. The van der Waals surface area contributed by atoms with E-state index in [-0.39, 0.29) is 0 Å². The maximum Gasteiger partial charge on any atom is 0.228 e. The molecule has 100 valence electrons. The van der Waals surface area contributed by atoms with Gasteiger partial charge in [0.05, 0.1) is 0 Å². The molecule has 1 fully saturated rings. The zero-order valence-corrected chi connectivity index (χ0v) is 11.4. The molecule has 3 heterocycles. The largest absolute Gasteiger partial charge is 0.339 e. The summed E-state index contributed by atoms with van der Waals surface area (Å²) in [4.78, 5) is 8.43. The molecule has 0 radical (unpaired) electrons. The van der Waals surface area contributed by atoms with Crippen LogP contribution in [0, 0.1) is 0 Å². The van der Waals surface area contributed by atoms with E-state index in [4.69, 9.17) is 4.52 Å². The summed E-state index contributed by atoms with van der Waals surface area (Å²) in [7, 11) is 0. The molecule has 0 aromatic carbocycles. The van der Waals surface area contributed by atoms with E-state index in [0.29, 0.717) is 17.8 Å². The number of aromatic nitrogens is 3. The van der Waals surface area contributed by atoms with Crippen LogP contribution in [-0.2, 0) is 6.42 Å². The van der Waals surface area contributed by atoms with Gasteiger partial charge in [0, 0.05) is 42.7 Å². The van der Waals surface area contributed by atoms with Gasteiger partial charge in [-0.05, 0) is 24.3 Å². The van der Waals surface area contributed by atoms with E-state index in [0.717, 1.165) is 18.5 Å². The summed E-state index contributed by atoms with van der Waals surface area (Å²) >= 11 is 2.01. The molecular weight excluding hydrogens is 260 g/mol. The Kier molecular flexibility index (Phi) is 4.10. The number of hydrogen-bond acceptors (Lipinski definition) is 6. The summed E-state index contributed by atoms with van der Waals surface area (Å²) in [5.41, 5.74) is 0.887. The molecule has 0 bridgehead atoms. The Hall–Kier alpha value is -1.40. The summed E-state index contributed by atoms with van der Waals surface area (Å²) in [5, 5.41) is 7.50. The van der Waals surface area contributed by atoms with E-state index in [1.165, 1.54) is 17.9 Å². The average Bonchev–Trinajstić information content (AvgIpc) is 3.11. The van der Waals surface area contributed by atoms with E-state index >= 15 is 0 Å². The lowest BCUT2D eigenvalue weighted by atomic mass is 10.2. The van der Waals surface area contributed by atoms with Crippen molar-refractivity contribution in [1.29, 1.82) is 0 Å². The SMILES string of the molecule is c1cncc(-c2noc(CCNC3CCSC3)n2)c1. The summed E-state index contributed by atoms with van der Waals surface area (Å²) in [5.74, 6) is 3.77. The number of thioether (sulfide) groups is 1. The zero-order chi connectivity index (χ0) is 12.9. The van der Waals surface area contributed by atoms with Gasteiger partial charge in [0.15, 0.2) is 0 Å². The molecule has 3 rings (SSSR count). The molecule has 1 N–H and O–H groups in total. The third-order valence-corrected chi connectivity index (χ3v) is 4.25. The van der Waals surface area contributed by atoms with Crippen molar-refractivity contribution in [2.75, 3.05) is 18.1 Å². The summed E-state index contributed by atoms with van der Waals surface area (Å²) in [6.45, 7) is 0.889. The molecule has 2 aromatic heterocycles. The molecule has 1 aliphatic rings. The van der Waals surface area contributed by atoms with Gasteiger partial charge in [-0.3, -0.25) is 4.98 Å². The molecule has 19 heavy (non-hydrogen) atoms. The van der Waals surface area contributed by atoms with Crippen LogP contribution in [0.5, 0.6) is 0 Å². The second kappa shape index (κ2) is 6.16. The van der Waals surface area contributed by atoms with Crippen molar-refractivity contribution in [2.45, 2.75) is 18.9 Å². The molecule has 1 atom stereocenters. The fourth-order valence-electron chi connectivity index (χ4n) is 2.05. The smallest absolute Gasteiger partial charge is 0.228 e. The van der Waals surface area contributed by atoms with Crippen molar-refractivity contribution < 1.29 is 4.52 Å². The summed E-state index contributed by atoms with van der Waals surface area (Å²) < 4.78 is 5.25. The fourth-order valence-corrected chi connectivity index (χ4v) is 3.23. The van der Waals surface area contributed by atoms with E-state index in [9.17, 15) is 0 Å². The molecule has 1 aliphatic heterocycles. The Morgan fingerprint density at radius 1 is 1.47 bits per heavy atom. The van der Waals surface area contributed by atoms with Gasteiger partial charge in [0.1, 0.15) is 0 Å². The minimum atomic E-state index is 0.611. The third-order valence-electron chi connectivity index (χ3n) is 3.09. The maximum atomic E-state index is 5.25. The molecule has 1 saturated heterocycles. The molecule has 0 saturated carbocycles. The van der Waals surface area contributed by atoms with E-state index in [1.54, 1.807) is 12.4 Å². The lowest BCUT2D eigenvalue weighted by Gasteiger charge is -2.08. The van der Waals surface area contributed by atoms with Crippen LogP contribution in [0.2, 0.25) is 0 Å². The predicted octanol–water partition coefficient (Wildman–Crippen LogP) is 1.77. The van der Waals surface area contributed by atoms with Crippen LogP contribution < -0.4 is 5.32 Å². The molecular formula is C13H16N4OS. The highest BCUT2D eigenvalue weighted by Gasteiger charge is 2.15. The van der Waals surface area contributed by atoms with E-state index in [2.05, 4.69) is 20.4 Å². The van der Waals surface area contributed by atoms with E-state index in [1.807, 2.05) is 23.9 Å². The fraction of sp³-hybridized carbons (Fsp3) is 0.462. The van der Waals surface area contributed by atoms with Gasteiger partial charge in [0.2, 0.25) is 11.7 Å². The molecule has 6 heteroatoms. The highest BCUT2D eigenvalue weighted by atomic mass is 32.2. The Labute approximate surface area is 116 Å². The van der Waals surface area contributed by atoms with Gasteiger partial charge in [0.25, 0.3) is 0 Å². The second-order valence-electron chi connectivity index (χ2n) is 4.52. The third kappa shape index (κ3) is 3.33. The number of nitrogens with one attached hydrogen (secondary N) is 1. The number of nitrogens with zero attached hydrogens (tertiary/aromatic N) is 3. The first-order valence-electron chi connectivity index (χ1n) is 6.46. The van der Waals surface area contributed by atoms with Gasteiger partial charge in [-0.1, -0.05) is 5.16 Å². The monoisotopic (exact) mass is 276 g/mol. The normalized spacial score (nSPS) is 18.8.